The third-order valence-corrected chi connectivity index (χ3v) is 2.44. The molecule has 0 radical (unpaired) electrons. The van der Waals surface area contributed by atoms with Crippen molar-refractivity contribution in [1.82, 2.24) is 9.55 Å². The lowest BCUT2D eigenvalue weighted by atomic mass is 10.0. The summed E-state index contributed by atoms with van der Waals surface area (Å²) in [5.41, 5.74) is 6.81. The molecule has 0 aliphatic rings. The van der Waals surface area contributed by atoms with Crippen molar-refractivity contribution in [3.63, 3.8) is 0 Å². The molecule has 0 saturated carbocycles. The molecule has 68 valence electrons. The number of hydrogen-bond acceptors (Lipinski definition) is 2. The molecule has 1 rings (SSSR count). The third-order valence-electron chi connectivity index (χ3n) is 2.44. The van der Waals surface area contributed by atoms with Gasteiger partial charge in [-0.3, -0.25) is 0 Å². The minimum absolute atomic E-state index is 0.130. The Bertz CT molecular complexity index is 250. The summed E-state index contributed by atoms with van der Waals surface area (Å²) >= 11 is 0. The van der Waals surface area contributed by atoms with Gasteiger partial charge in [0.25, 0.3) is 0 Å². The van der Waals surface area contributed by atoms with Gasteiger partial charge in [-0.25, -0.2) is 4.98 Å². The van der Waals surface area contributed by atoms with Gasteiger partial charge >= 0.3 is 0 Å². The molecule has 0 spiro atoms. The third kappa shape index (κ3) is 1.50. The Morgan fingerprint density at radius 1 is 1.58 bits per heavy atom. The number of aromatic nitrogens is 2. The van der Waals surface area contributed by atoms with Gasteiger partial charge in [-0.2, -0.15) is 0 Å². The Labute approximate surface area is 73.6 Å². The molecule has 0 aromatic carbocycles. The first-order valence-corrected chi connectivity index (χ1v) is 4.33. The van der Waals surface area contributed by atoms with Crippen LogP contribution in [0.4, 0.5) is 0 Å². The molecule has 0 saturated heterocycles. The first kappa shape index (κ1) is 9.26. The Kier molecular flexibility index (Phi) is 2.52. The topological polar surface area (TPSA) is 43.8 Å². The van der Waals surface area contributed by atoms with E-state index in [2.05, 4.69) is 30.3 Å². The van der Waals surface area contributed by atoms with Crippen LogP contribution in [0.25, 0.3) is 0 Å². The molecule has 0 fully saturated rings. The van der Waals surface area contributed by atoms with Gasteiger partial charge in [0.1, 0.15) is 0 Å². The standard InChI is InChI=1S/C9H17N3/c1-4-9(2,3)12-7-11-6-8(12)5-10/h6-7H,4-5,10H2,1-3H3. The van der Waals surface area contributed by atoms with E-state index in [4.69, 9.17) is 5.73 Å². The van der Waals surface area contributed by atoms with Crippen LogP contribution in [0, 0.1) is 0 Å². The Morgan fingerprint density at radius 2 is 2.25 bits per heavy atom. The highest BCUT2D eigenvalue weighted by Crippen LogP contribution is 2.20. The number of nitrogens with two attached hydrogens (primary N) is 1. The highest BCUT2D eigenvalue weighted by atomic mass is 15.1. The Hall–Kier alpha value is -0.830. The molecule has 3 nitrogen and oxygen atoms in total. The van der Waals surface area contributed by atoms with Gasteiger partial charge in [-0.05, 0) is 20.3 Å². The van der Waals surface area contributed by atoms with Crippen molar-refractivity contribution in [2.24, 2.45) is 5.73 Å². The summed E-state index contributed by atoms with van der Waals surface area (Å²) in [5.74, 6) is 0. The maximum atomic E-state index is 5.59. The normalized spacial score (nSPS) is 12.0. The van der Waals surface area contributed by atoms with Crippen LogP contribution >= 0.6 is 0 Å². The molecule has 0 aliphatic carbocycles. The largest absolute Gasteiger partial charge is 0.328 e. The van der Waals surface area contributed by atoms with Crippen molar-refractivity contribution in [3.8, 4) is 0 Å². The molecule has 1 heterocycles. The molecular formula is C9H17N3. The average Bonchev–Trinajstić information content (AvgIpc) is 2.52. The van der Waals surface area contributed by atoms with Crippen molar-refractivity contribution in [3.05, 3.63) is 18.2 Å². The number of nitrogens with zero attached hydrogens (tertiary/aromatic N) is 2. The molecule has 2 N–H and O–H groups in total. The summed E-state index contributed by atoms with van der Waals surface area (Å²) in [6.45, 7) is 7.10. The van der Waals surface area contributed by atoms with E-state index in [0.717, 1.165) is 12.1 Å². The lowest BCUT2D eigenvalue weighted by Gasteiger charge is -2.26. The van der Waals surface area contributed by atoms with Gasteiger partial charge in [0.15, 0.2) is 0 Å². The van der Waals surface area contributed by atoms with Crippen LogP contribution in [0.3, 0.4) is 0 Å². The zero-order valence-electron chi connectivity index (χ0n) is 8.04. The van der Waals surface area contributed by atoms with E-state index in [0.29, 0.717) is 6.54 Å². The Balaban J connectivity index is 3.00. The van der Waals surface area contributed by atoms with E-state index in [9.17, 15) is 0 Å². The monoisotopic (exact) mass is 167 g/mol. The van der Waals surface area contributed by atoms with Gasteiger partial charge in [0.05, 0.1) is 12.0 Å². The van der Waals surface area contributed by atoms with E-state index in [1.165, 1.54) is 0 Å². The van der Waals surface area contributed by atoms with Crippen molar-refractivity contribution in [2.75, 3.05) is 0 Å². The summed E-state index contributed by atoms with van der Waals surface area (Å²) in [6.07, 6.45) is 4.76. The van der Waals surface area contributed by atoms with Crippen LogP contribution in [0.5, 0.6) is 0 Å². The summed E-state index contributed by atoms with van der Waals surface area (Å²) in [4.78, 5) is 4.09. The SMILES string of the molecule is CCC(C)(C)n1cncc1CN. The van der Waals surface area contributed by atoms with Gasteiger partial charge in [0, 0.05) is 18.3 Å². The first-order chi connectivity index (χ1) is 5.61. The smallest absolute Gasteiger partial charge is 0.0953 e. The highest BCUT2D eigenvalue weighted by molar-refractivity contribution is 5.01. The molecule has 3 heteroatoms. The summed E-state index contributed by atoms with van der Waals surface area (Å²) in [6, 6.07) is 0. The van der Waals surface area contributed by atoms with Crippen molar-refractivity contribution >= 4 is 0 Å². The molecule has 0 unspecified atom stereocenters. The van der Waals surface area contributed by atoms with Gasteiger partial charge in [-0.15, -0.1) is 0 Å². The van der Waals surface area contributed by atoms with Gasteiger partial charge in [0.2, 0.25) is 0 Å². The molecule has 0 aliphatic heterocycles. The van der Waals surface area contributed by atoms with Crippen LogP contribution < -0.4 is 5.73 Å². The van der Waals surface area contributed by atoms with E-state index in [1.807, 2.05) is 12.5 Å². The minimum atomic E-state index is 0.130. The van der Waals surface area contributed by atoms with Gasteiger partial charge in [-0.1, -0.05) is 6.92 Å². The maximum Gasteiger partial charge on any atom is 0.0953 e. The predicted molar refractivity (Wildman–Crippen MR) is 49.7 cm³/mol. The number of hydrogen-bond donors (Lipinski definition) is 1. The molecule has 12 heavy (non-hydrogen) atoms. The molecule has 0 amide bonds. The molecule has 0 bridgehead atoms. The Morgan fingerprint density at radius 3 is 2.75 bits per heavy atom. The summed E-state index contributed by atoms with van der Waals surface area (Å²) in [7, 11) is 0. The predicted octanol–water partition coefficient (Wildman–Crippen LogP) is 1.49. The maximum absolute atomic E-state index is 5.59. The molecule has 0 atom stereocenters. The summed E-state index contributed by atoms with van der Waals surface area (Å²) < 4.78 is 2.15. The van der Waals surface area contributed by atoms with Crippen LogP contribution in [-0.2, 0) is 12.1 Å². The quantitative estimate of drug-likeness (QED) is 0.741. The van der Waals surface area contributed by atoms with Crippen molar-refractivity contribution < 1.29 is 0 Å². The zero-order valence-corrected chi connectivity index (χ0v) is 8.04. The number of rotatable bonds is 3. The fourth-order valence-corrected chi connectivity index (χ4v) is 1.19. The zero-order chi connectivity index (χ0) is 9.19. The van der Waals surface area contributed by atoms with Crippen LogP contribution in [0.1, 0.15) is 32.9 Å². The van der Waals surface area contributed by atoms with E-state index >= 15 is 0 Å². The van der Waals surface area contributed by atoms with Crippen LogP contribution in [-0.4, -0.2) is 9.55 Å². The van der Waals surface area contributed by atoms with E-state index in [-0.39, 0.29) is 5.54 Å². The van der Waals surface area contributed by atoms with Crippen LogP contribution in [0.15, 0.2) is 12.5 Å². The second-order valence-electron chi connectivity index (χ2n) is 3.63. The second-order valence-corrected chi connectivity index (χ2v) is 3.63. The fraction of sp³-hybridized carbons (Fsp3) is 0.667. The number of imidazole rings is 1. The summed E-state index contributed by atoms with van der Waals surface area (Å²) in [5, 5.41) is 0. The van der Waals surface area contributed by atoms with Crippen molar-refractivity contribution in [1.29, 1.82) is 0 Å². The highest BCUT2D eigenvalue weighted by Gasteiger charge is 2.18. The van der Waals surface area contributed by atoms with Crippen LogP contribution in [0.2, 0.25) is 0 Å². The van der Waals surface area contributed by atoms with Crippen molar-refractivity contribution in [2.45, 2.75) is 39.3 Å². The average molecular weight is 167 g/mol. The lowest BCUT2D eigenvalue weighted by molar-refractivity contribution is 0.332. The fourth-order valence-electron chi connectivity index (χ4n) is 1.19. The molecular weight excluding hydrogens is 150 g/mol. The van der Waals surface area contributed by atoms with E-state index < -0.39 is 0 Å². The molecule has 1 aromatic heterocycles. The van der Waals surface area contributed by atoms with Gasteiger partial charge < -0.3 is 10.3 Å². The minimum Gasteiger partial charge on any atom is -0.328 e. The second kappa shape index (κ2) is 3.27. The molecule has 1 aromatic rings. The first-order valence-electron chi connectivity index (χ1n) is 4.33. The van der Waals surface area contributed by atoms with E-state index in [1.54, 1.807) is 0 Å². The lowest BCUT2D eigenvalue weighted by Crippen LogP contribution is -2.27.